The van der Waals surface area contributed by atoms with E-state index in [1.54, 1.807) is 6.92 Å². The Kier molecular flexibility index (Phi) is 14.4. The summed E-state index contributed by atoms with van der Waals surface area (Å²) in [7, 11) is 0. The molecule has 0 saturated heterocycles. The van der Waals surface area contributed by atoms with Crippen LogP contribution in [-0.2, 0) is 47.3 Å². The fraction of sp³-hybridized carbons (Fsp3) is 0.167. The van der Waals surface area contributed by atoms with Crippen molar-refractivity contribution in [2.75, 3.05) is 0 Å². The first-order chi connectivity index (χ1) is 22.4. The molecule has 0 N–H and O–H groups in total. The zero-order chi connectivity index (χ0) is 32.2. The molecule has 1 aliphatic carbocycles. The van der Waals surface area contributed by atoms with E-state index in [-0.39, 0.29) is 44.9 Å². The van der Waals surface area contributed by atoms with Crippen LogP contribution in [0.3, 0.4) is 0 Å². The summed E-state index contributed by atoms with van der Waals surface area (Å²) >= 11 is 0. The molecule has 0 bridgehead atoms. The number of benzene rings is 5. The summed E-state index contributed by atoms with van der Waals surface area (Å²) in [5.41, 5.74) is 2.19. The van der Waals surface area contributed by atoms with Crippen molar-refractivity contribution in [1.82, 2.24) is 0 Å². The normalized spacial score (nSPS) is 19.4. The standard InChI is InChI=1S/C19H17P.C16H14O2.C7H11O.Y/c1-20(17-11-5-2-6-12-17,18-13-7-3-8-14-18)19-15-9-4-10-16-19;1-3-7-13(8-4-1)15-11-12-16(18-17-15)14-9-5-2-6-10-14;1-5-3-7(5)4-6(2)8;/h2-16H,1H2;1-12,15-16H;3,5,7H,4H2,1-2H3;/q;;-1;/t;15-,16+;5-,7+;/m..0./s1. The summed E-state index contributed by atoms with van der Waals surface area (Å²) in [4.78, 5) is 21.3. The molecule has 1 fully saturated rings. The average Bonchev–Trinajstić information content (AvgIpc) is 3.83. The SMILES string of the molecule is C1=C[C@H](c2ccccc2)OO[C@@H]1c1ccccc1.C=P(c1ccccc1)(c1ccccc1)c1ccccc1.CC(=O)C[C@H]1[CH-][C@@H]1C.[Y]. The van der Waals surface area contributed by atoms with Crippen molar-refractivity contribution < 1.29 is 47.3 Å². The first kappa shape index (κ1) is 36.7. The number of rotatable bonds is 7. The third kappa shape index (κ3) is 10.4. The van der Waals surface area contributed by atoms with E-state index in [4.69, 9.17) is 16.1 Å². The van der Waals surface area contributed by atoms with E-state index in [1.165, 1.54) is 15.9 Å². The van der Waals surface area contributed by atoms with Gasteiger partial charge in [-0.25, -0.2) is 9.78 Å². The van der Waals surface area contributed by atoms with Crippen molar-refractivity contribution in [3.05, 3.63) is 181 Å². The molecule has 0 aromatic heterocycles. The number of carbonyl (C=O) groups is 1. The van der Waals surface area contributed by atoms with Gasteiger partial charge in [0.25, 0.3) is 0 Å². The molecule has 1 saturated carbocycles. The molecule has 1 heterocycles. The Balaban J connectivity index is 0.000000171. The molecule has 7 rings (SSSR count). The smallest absolute Gasteiger partial charge is 0.136 e. The molecule has 2 aliphatic rings. The van der Waals surface area contributed by atoms with E-state index < -0.39 is 6.89 Å². The van der Waals surface area contributed by atoms with Gasteiger partial charge in [0.2, 0.25) is 0 Å². The summed E-state index contributed by atoms with van der Waals surface area (Å²) in [6.07, 6.45) is 11.5. The van der Waals surface area contributed by atoms with E-state index in [0.29, 0.717) is 17.6 Å². The molecule has 0 unspecified atom stereocenters. The van der Waals surface area contributed by atoms with Gasteiger partial charge in [-0.2, -0.15) is 11.8 Å². The van der Waals surface area contributed by atoms with Gasteiger partial charge in [-0.05, 0) is 59.4 Å². The number of carbonyl (C=O) groups excluding carboxylic acids is 1. The van der Waals surface area contributed by atoms with Gasteiger partial charge in [0.15, 0.2) is 0 Å². The minimum absolute atomic E-state index is 0. The van der Waals surface area contributed by atoms with Crippen LogP contribution in [0.1, 0.15) is 43.6 Å². The van der Waals surface area contributed by atoms with Crippen LogP contribution in [0.4, 0.5) is 0 Å². The zero-order valence-corrected chi connectivity index (χ0v) is 30.9. The molecule has 1 aliphatic heterocycles. The van der Waals surface area contributed by atoms with Crippen LogP contribution >= 0.6 is 6.89 Å². The fourth-order valence-electron chi connectivity index (χ4n) is 5.41. The molecular weight excluding hydrogens is 672 g/mol. The second kappa shape index (κ2) is 18.4. The van der Waals surface area contributed by atoms with Crippen LogP contribution < -0.4 is 15.9 Å². The first-order valence-corrected chi connectivity index (χ1v) is 17.8. The van der Waals surface area contributed by atoms with Crippen molar-refractivity contribution >= 4 is 34.9 Å². The van der Waals surface area contributed by atoms with Crippen LogP contribution in [0.25, 0.3) is 0 Å². The molecule has 237 valence electrons. The molecule has 4 atom stereocenters. The average molecular weight is 715 g/mol. The van der Waals surface area contributed by atoms with Crippen LogP contribution in [0.2, 0.25) is 0 Å². The largest absolute Gasteiger partial charge is 0.327 e. The van der Waals surface area contributed by atoms with Crippen molar-refractivity contribution in [3.63, 3.8) is 0 Å². The van der Waals surface area contributed by atoms with Crippen molar-refractivity contribution in [2.24, 2.45) is 11.8 Å². The second-order valence-electron chi connectivity index (χ2n) is 11.7. The van der Waals surface area contributed by atoms with Gasteiger partial charge in [-0.15, -0.1) is 0 Å². The molecule has 3 nitrogen and oxygen atoms in total. The predicted octanol–water partition coefficient (Wildman–Crippen LogP) is 8.83. The topological polar surface area (TPSA) is 35.5 Å². The summed E-state index contributed by atoms with van der Waals surface area (Å²) in [6.45, 7) is 2.02. The molecule has 1 radical (unpaired) electrons. The molecule has 5 aromatic rings. The van der Waals surface area contributed by atoms with Crippen molar-refractivity contribution in [2.45, 2.75) is 32.5 Å². The third-order valence-corrected chi connectivity index (χ3v) is 11.7. The fourth-order valence-corrected chi connectivity index (χ4v) is 8.35. The minimum atomic E-state index is -1.78. The maximum Gasteiger partial charge on any atom is 0.136 e. The number of hydrogen-bond acceptors (Lipinski definition) is 3. The van der Waals surface area contributed by atoms with Gasteiger partial charge in [0.1, 0.15) is 18.0 Å². The van der Waals surface area contributed by atoms with Gasteiger partial charge >= 0.3 is 0 Å². The van der Waals surface area contributed by atoms with E-state index in [0.717, 1.165) is 17.5 Å². The summed E-state index contributed by atoms with van der Waals surface area (Å²) in [5.74, 6) is 1.64. The van der Waals surface area contributed by atoms with E-state index in [9.17, 15) is 4.79 Å². The number of hydrogen-bond donors (Lipinski definition) is 0. The Hall–Kier alpha value is -3.17. The summed E-state index contributed by atoms with van der Waals surface area (Å²) in [6, 6.07) is 52.0. The predicted molar refractivity (Wildman–Crippen MR) is 194 cm³/mol. The zero-order valence-electron chi connectivity index (χ0n) is 27.1. The third-order valence-electron chi connectivity index (χ3n) is 8.18. The monoisotopic (exact) mass is 714 g/mol. The summed E-state index contributed by atoms with van der Waals surface area (Å²) < 4.78 is 0. The van der Waals surface area contributed by atoms with Crippen LogP contribution in [0.15, 0.2) is 164 Å². The second-order valence-corrected chi connectivity index (χ2v) is 14.8. The van der Waals surface area contributed by atoms with Crippen LogP contribution in [0, 0.1) is 18.3 Å². The van der Waals surface area contributed by atoms with Crippen molar-refractivity contribution in [3.8, 4) is 0 Å². The maximum absolute atomic E-state index is 10.4. The molecule has 47 heavy (non-hydrogen) atoms. The molecule has 0 amide bonds. The first-order valence-electron chi connectivity index (χ1n) is 15.8. The Labute approximate surface area is 305 Å². The van der Waals surface area contributed by atoms with Gasteiger partial charge < -0.3 is 11.2 Å². The Morgan fingerprint density at radius 3 is 1.15 bits per heavy atom. The molecular formula is C42H42O3PY-. The number of Topliss-reactive ketones (excluding diaryl/α,β-unsaturated/α-hetero) is 1. The van der Waals surface area contributed by atoms with Gasteiger partial charge in [0, 0.05) is 32.7 Å². The molecule has 0 spiro atoms. The Morgan fingerprint density at radius 1 is 0.617 bits per heavy atom. The molecule has 5 heteroatoms. The number of ketones is 1. The van der Waals surface area contributed by atoms with Crippen LogP contribution in [0.5, 0.6) is 0 Å². The van der Waals surface area contributed by atoms with E-state index in [2.05, 4.69) is 104 Å². The quantitative estimate of drug-likeness (QED) is 0.0732. The van der Waals surface area contributed by atoms with E-state index >= 15 is 0 Å². The van der Waals surface area contributed by atoms with E-state index in [1.807, 2.05) is 72.8 Å². The Morgan fingerprint density at radius 2 is 0.915 bits per heavy atom. The van der Waals surface area contributed by atoms with Crippen molar-refractivity contribution in [1.29, 1.82) is 0 Å². The maximum atomic E-state index is 10.4. The summed E-state index contributed by atoms with van der Waals surface area (Å²) in [5, 5.41) is 3.95. The van der Waals surface area contributed by atoms with Gasteiger partial charge in [0.05, 0.1) is 0 Å². The van der Waals surface area contributed by atoms with Crippen LogP contribution in [-0.4, -0.2) is 12.1 Å². The van der Waals surface area contributed by atoms with Gasteiger partial charge in [-0.3, -0.25) is 0 Å². The minimum Gasteiger partial charge on any atom is -0.327 e. The molecule has 5 aromatic carbocycles. The van der Waals surface area contributed by atoms with Gasteiger partial charge in [-0.1, -0.05) is 165 Å². The Bertz CT molecular complexity index is 1560.